The molecule has 0 radical (unpaired) electrons. The Labute approximate surface area is 210 Å². The first-order chi connectivity index (χ1) is 17.1. The lowest BCUT2D eigenvalue weighted by atomic mass is 10.1. The van der Waals surface area contributed by atoms with Gasteiger partial charge in [0, 0.05) is 17.8 Å². The van der Waals surface area contributed by atoms with Crippen molar-refractivity contribution in [1.82, 2.24) is 4.90 Å². The quantitative estimate of drug-likeness (QED) is 0.253. The number of thiophene rings is 1. The number of hydrogen-bond donors (Lipinski definition) is 3. The third-order valence-corrected chi connectivity index (χ3v) is 7.04. The number of benzene rings is 3. The van der Waals surface area contributed by atoms with E-state index in [9.17, 15) is 9.90 Å². The molecule has 0 bridgehead atoms. The molecule has 0 saturated heterocycles. The summed E-state index contributed by atoms with van der Waals surface area (Å²) in [5.41, 5.74) is 9.56. The van der Waals surface area contributed by atoms with E-state index in [4.69, 9.17) is 10.5 Å². The van der Waals surface area contributed by atoms with Gasteiger partial charge in [0.2, 0.25) is 0 Å². The minimum atomic E-state index is -0.149. The number of fused-ring (bicyclic) bond motifs is 1. The van der Waals surface area contributed by atoms with Crippen molar-refractivity contribution in [2.45, 2.75) is 19.4 Å². The average Bonchev–Trinajstić information content (AvgIpc) is 3.30. The van der Waals surface area contributed by atoms with Gasteiger partial charge < -0.3 is 20.9 Å². The van der Waals surface area contributed by atoms with Crippen LogP contribution in [0.1, 0.15) is 27.2 Å². The summed E-state index contributed by atoms with van der Waals surface area (Å²) in [6.07, 6.45) is 1.91. The molecule has 1 heterocycles. The summed E-state index contributed by atoms with van der Waals surface area (Å²) >= 11 is 1.49. The number of ether oxygens (including phenoxy) is 1. The minimum Gasteiger partial charge on any atom is -0.497 e. The van der Waals surface area contributed by atoms with Crippen LogP contribution in [0.2, 0.25) is 0 Å². The van der Waals surface area contributed by atoms with Gasteiger partial charge in [-0.2, -0.15) is 0 Å². The van der Waals surface area contributed by atoms with Crippen LogP contribution in [0.25, 0.3) is 10.1 Å². The molecule has 0 unspecified atom stereocenters. The van der Waals surface area contributed by atoms with Gasteiger partial charge in [0.1, 0.15) is 5.75 Å². The molecule has 0 atom stereocenters. The molecule has 35 heavy (non-hydrogen) atoms. The zero-order valence-electron chi connectivity index (χ0n) is 19.9. The number of para-hydroxylation sites is 2. The second-order valence-corrected chi connectivity index (χ2v) is 9.56. The van der Waals surface area contributed by atoms with E-state index in [-0.39, 0.29) is 12.5 Å². The summed E-state index contributed by atoms with van der Waals surface area (Å²) in [6.45, 7) is 2.46. The summed E-state index contributed by atoms with van der Waals surface area (Å²) < 4.78 is 6.33. The zero-order chi connectivity index (χ0) is 24.6. The first-order valence-electron chi connectivity index (χ1n) is 11.7. The maximum absolute atomic E-state index is 12.7. The molecule has 7 heteroatoms. The van der Waals surface area contributed by atoms with E-state index in [2.05, 4.69) is 40.5 Å². The molecule has 0 spiro atoms. The second kappa shape index (κ2) is 11.8. The SMILES string of the molecule is COc1ccc(CN(CCO)CCCc2ccc3cc(C(=O)Nc4ccccc4N)sc3c2)cc1. The van der Waals surface area contributed by atoms with Crippen LogP contribution in [0.5, 0.6) is 5.75 Å². The van der Waals surface area contributed by atoms with E-state index >= 15 is 0 Å². The summed E-state index contributed by atoms with van der Waals surface area (Å²) in [4.78, 5) is 15.7. The zero-order valence-corrected chi connectivity index (χ0v) is 20.7. The van der Waals surface area contributed by atoms with Crippen molar-refractivity contribution in [3.8, 4) is 5.75 Å². The number of anilines is 2. The molecule has 182 valence electrons. The highest BCUT2D eigenvalue weighted by molar-refractivity contribution is 7.20. The summed E-state index contributed by atoms with van der Waals surface area (Å²) in [6, 6.07) is 23.6. The van der Waals surface area contributed by atoms with Gasteiger partial charge in [0.15, 0.2) is 0 Å². The second-order valence-electron chi connectivity index (χ2n) is 8.48. The standard InChI is InChI=1S/C28H31N3O3S/c1-34-23-12-9-21(10-13-23)19-31(15-16-32)14-4-5-20-8-11-22-18-27(35-26(22)17-20)28(33)30-25-7-3-2-6-24(25)29/h2-3,6-13,17-18,32H,4-5,14-16,19,29H2,1H3,(H,30,33). The molecular formula is C28H31N3O3S. The van der Waals surface area contributed by atoms with Crippen molar-refractivity contribution in [2.75, 3.05) is 37.9 Å². The summed E-state index contributed by atoms with van der Waals surface area (Å²) in [5.74, 6) is 0.695. The maximum atomic E-state index is 12.7. The topological polar surface area (TPSA) is 87.8 Å². The number of methoxy groups -OCH3 is 1. The van der Waals surface area contributed by atoms with Crippen molar-refractivity contribution in [2.24, 2.45) is 0 Å². The number of nitrogens with one attached hydrogen (secondary N) is 1. The van der Waals surface area contributed by atoms with Gasteiger partial charge >= 0.3 is 0 Å². The number of aliphatic hydroxyl groups is 1. The normalized spacial score (nSPS) is 11.2. The Morgan fingerprint density at radius 1 is 1.03 bits per heavy atom. The van der Waals surface area contributed by atoms with E-state index < -0.39 is 0 Å². The number of nitrogens with zero attached hydrogens (tertiary/aromatic N) is 1. The number of nitrogen functional groups attached to an aromatic ring is 1. The van der Waals surface area contributed by atoms with Crippen LogP contribution in [-0.4, -0.2) is 42.7 Å². The first-order valence-corrected chi connectivity index (χ1v) is 12.5. The van der Waals surface area contributed by atoms with E-state index in [0.29, 0.717) is 22.8 Å². The fourth-order valence-corrected chi connectivity index (χ4v) is 5.07. The predicted molar refractivity (Wildman–Crippen MR) is 144 cm³/mol. The van der Waals surface area contributed by atoms with Crippen molar-refractivity contribution < 1.29 is 14.6 Å². The molecular weight excluding hydrogens is 458 g/mol. The highest BCUT2D eigenvalue weighted by Gasteiger charge is 2.13. The monoisotopic (exact) mass is 489 g/mol. The molecule has 1 aromatic heterocycles. The summed E-state index contributed by atoms with van der Waals surface area (Å²) in [5, 5.41) is 13.4. The number of carbonyl (C=O) groups excluding carboxylic acids is 1. The van der Waals surface area contributed by atoms with E-state index in [1.807, 2.05) is 30.3 Å². The van der Waals surface area contributed by atoms with Gasteiger partial charge in [0.25, 0.3) is 5.91 Å². The van der Waals surface area contributed by atoms with Gasteiger partial charge in [-0.05, 0) is 72.3 Å². The smallest absolute Gasteiger partial charge is 0.265 e. The lowest BCUT2D eigenvalue weighted by Crippen LogP contribution is -2.27. The first kappa shape index (κ1) is 24.7. The molecule has 4 rings (SSSR count). The Bertz CT molecular complexity index is 1270. The lowest BCUT2D eigenvalue weighted by molar-refractivity contribution is 0.103. The van der Waals surface area contributed by atoms with Crippen LogP contribution < -0.4 is 15.8 Å². The van der Waals surface area contributed by atoms with Crippen molar-refractivity contribution in [1.29, 1.82) is 0 Å². The predicted octanol–water partition coefficient (Wildman–Crippen LogP) is 5.17. The number of nitrogens with two attached hydrogens (primary N) is 1. The van der Waals surface area contributed by atoms with Gasteiger partial charge in [-0.1, -0.05) is 36.4 Å². The van der Waals surface area contributed by atoms with Crippen LogP contribution in [0, 0.1) is 0 Å². The van der Waals surface area contributed by atoms with Gasteiger partial charge in [0.05, 0.1) is 30.0 Å². The molecule has 4 aromatic rings. The highest BCUT2D eigenvalue weighted by atomic mass is 32.1. The Balaban J connectivity index is 1.35. The van der Waals surface area contributed by atoms with Crippen molar-refractivity contribution in [3.05, 3.63) is 88.8 Å². The van der Waals surface area contributed by atoms with Crippen LogP contribution in [-0.2, 0) is 13.0 Å². The third kappa shape index (κ3) is 6.60. The number of amides is 1. The molecule has 1 amide bonds. The van der Waals surface area contributed by atoms with Crippen LogP contribution in [0.4, 0.5) is 11.4 Å². The fraction of sp³-hybridized carbons (Fsp3) is 0.250. The van der Waals surface area contributed by atoms with E-state index in [1.165, 1.54) is 22.5 Å². The molecule has 0 aliphatic heterocycles. The molecule has 0 saturated carbocycles. The van der Waals surface area contributed by atoms with Gasteiger partial charge in [-0.15, -0.1) is 11.3 Å². The molecule has 0 fully saturated rings. The molecule has 4 N–H and O–H groups in total. The fourth-order valence-electron chi connectivity index (χ4n) is 4.04. The van der Waals surface area contributed by atoms with Crippen LogP contribution in [0.3, 0.4) is 0 Å². The Kier molecular flexibility index (Phi) is 8.36. The lowest BCUT2D eigenvalue weighted by Gasteiger charge is -2.21. The van der Waals surface area contributed by atoms with Gasteiger partial charge in [-0.25, -0.2) is 0 Å². The Morgan fingerprint density at radius 2 is 1.80 bits per heavy atom. The summed E-state index contributed by atoms with van der Waals surface area (Å²) in [7, 11) is 1.66. The highest BCUT2D eigenvalue weighted by Crippen LogP contribution is 2.28. The number of aliphatic hydroxyl groups excluding tert-OH is 1. The maximum Gasteiger partial charge on any atom is 0.265 e. The molecule has 0 aliphatic carbocycles. The van der Waals surface area contributed by atoms with Gasteiger partial charge in [-0.3, -0.25) is 9.69 Å². The van der Waals surface area contributed by atoms with Crippen LogP contribution >= 0.6 is 11.3 Å². The van der Waals surface area contributed by atoms with E-state index in [1.54, 1.807) is 19.2 Å². The minimum absolute atomic E-state index is 0.136. The molecule has 0 aliphatic rings. The third-order valence-electron chi connectivity index (χ3n) is 5.94. The van der Waals surface area contributed by atoms with E-state index in [0.717, 1.165) is 41.8 Å². The van der Waals surface area contributed by atoms with Crippen molar-refractivity contribution in [3.63, 3.8) is 0 Å². The molecule has 3 aromatic carbocycles. The number of carbonyl (C=O) groups is 1. The Morgan fingerprint density at radius 3 is 2.54 bits per heavy atom. The Hall–Kier alpha value is -3.39. The average molecular weight is 490 g/mol. The number of hydrogen-bond acceptors (Lipinski definition) is 6. The van der Waals surface area contributed by atoms with Crippen molar-refractivity contribution >= 4 is 38.7 Å². The largest absolute Gasteiger partial charge is 0.497 e. The molecule has 6 nitrogen and oxygen atoms in total. The number of rotatable bonds is 11. The number of aryl methyl sites for hydroxylation is 1. The van der Waals surface area contributed by atoms with Crippen LogP contribution in [0.15, 0.2) is 72.8 Å².